The number of carbonyl (C=O) groups is 1. The van der Waals surface area contributed by atoms with Crippen molar-refractivity contribution in [1.82, 2.24) is 20.2 Å². The standard InChI is InChI=1S/C13H15N5OS/c19-12(14-10-4-2-1-3-5-10)8-9-20-13-15-16-17-18(13)11-6-7-11/h1-5,11H,6-9H2,(H,14,19). The van der Waals surface area contributed by atoms with Crippen molar-refractivity contribution in [2.24, 2.45) is 0 Å². The van der Waals surface area contributed by atoms with E-state index in [2.05, 4.69) is 20.8 Å². The summed E-state index contributed by atoms with van der Waals surface area (Å²) in [6, 6.07) is 9.92. The van der Waals surface area contributed by atoms with E-state index in [-0.39, 0.29) is 5.91 Å². The minimum atomic E-state index is 0.00847. The van der Waals surface area contributed by atoms with E-state index in [1.54, 1.807) is 0 Å². The molecule has 7 heteroatoms. The number of carbonyl (C=O) groups excluding carboxylic acids is 1. The third-order valence-corrected chi connectivity index (χ3v) is 3.91. The number of amides is 1. The lowest BCUT2D eigenvalue weighted by Crippen LogP contribution is -2.12. The molecular formula is C13H15N5OS. The van der Waals surface area contributed by atoms with Gasteiger partial charge in [0.25, 0.3) is 0 Å². The molecule has 104 valence electrons. The van der Waals surface area contributed by atoms with Gasteiger partial charge in [0, 0.05) is 17.9 Å². The molecule has 0 unspecified atom stereocenters. The van der Waals surface area contributed by atoms with Crippen LogP contribution in [0.4, 0.5) is 5.69 Å². The molecule has 1 fully saturated rings. The quantitative estimate of drug-likeness (QED) is 0.825. The molecule has 3 rings (SSSR count). The normalized spacial score (nSPS) is 14.2. The Kier molecular flexibility index (Phi) is 3.96. The molecule has 20 heavy (non-hydrogen) atoms. The van der Waals surface area contributed by atoms with Crippen molar-refractivity contribution in [3.8, 4) is 0 Å². The maximum absolute atomic E-state index is 11.8. The fraction of sp³-hybridized carbons (Fsp3) is 0.385. The van der Waals surface area contributed by atoms with E-state index < -0.39 is 0 Å². The number of thioether (sulfide) groups is 1. The maximum Gasteiger partial charge on any atom is 0.225 e. The van der Waals surface area contributed by atoms with E-state index in [1.807, 2.05) is 35.0 Å². The molecular weight excluding hydrogens is 274 g/mol. The highest BCUT2D eigenvalue weighted by atomic mass is 32.2. The highest BCUT2D eigenvalue weighted by Crippen LogP contribution is 2.36. The summed E-state index contributed by atoms with van der Waals surface area (Å²) >= 11 is 1.53. The number of nitrogens with one attached hydrogen (secondary N) is 1. The van der Waals surface area contributed by atoms with Crippen LogP contribution in [0.1, 0.15) is 25.3 Å². The summed E-state index contributed by atoms with van der Waals surface area (Å²) < 4.78 is 1.86. The van der Waals surface area contributed by atoms with Gasteiger partial charge >= 0.3 is 0 Å². The average Bonchev–Trinajstić information content (AvgIpc) is 3.20. The van der Waals surface area contributed by atoms with Crippen molar-refractivity contribution >= 4 is 23.4 Å². The van der Waals surface area contributed by atoms with Gasteiger partial charge in [0.1, 0.15) is 0 Å². The largest absolute Gasteiger partial charge is 0.326 e. The van der Waals surface area contributed by atoms with Crippen LogP contribution < -0.4 is 5.32 Å². The van der Waals surface area contributed by atoms with Crippen molar-refractivity contribution in [1.29, 1.82) is 0 Å². The van der Waals surface area contributed by atoms with Crippen molar-refractivity contribution < 1.29 is 4.79 Å². The molecule has 1 aliphatic rings. The zero-order valence-electron chi connectivity index (χ0n) is 10.9. The van der Waals surface area contributed by atoms with Crippen LogP contribution in [0.15, 0.2) is 35.5 Å². The number of para-hydroxylation sites is 1. The number of hydrogen-bond acceptors (Lipinski definition) is 5. The highest BCUT2D eigenvalue weighted by Gasteiger charge is 2.27. The summed E-state index contributed by atoms with van der Waals surface area (Å²) in [6.45, 7) is 0. The molecule has 1 saturated carbocycles. The molecule has 1 heterocycles. The molecule has 0 radical (unpaired) electrons. The lowest BCUT2D eigenvalue weighted by Gasteiger charge is -2.04. The second-order valence-corrected chi connectivity index (χ2v) is 5.71. The molecule has 1 aromatic carbocycles. The molecule has 0 bridgehead atoms. The molecule has 1 N–H and O–H groups in total. The Morgan fingerprint density at radius 1 is 1.35 bits per heavy atom. The Hall–Kier alpha value is -1.89. The molecule has 0 atom stereocenters. The Bertz CT molecular complexity index is 581. The minimum absolute atomic E-state index is 0.00847. The van der Waals surface area contributed by atoms with Crippen LogP contribution in [0.2, 0.25) is 0 Å². The minimum Gasteiger partial charge on any atom is -0.326 e. The summed E-state index contributed by atoms with van der Waals surface area (Å²) in [5, 5.41) is 15.3. The van der Waals surface area contributed by atoms with Gasteiger partial charge in [-0.15, -0.1) is 5.10 Å². The van der Waals surface area contributed by atoms with Crippen LogP contribution in [0.5, 0.6) is 0 Å². The second kappa shape index (κ2) is 6.04. The van der Waals surface area contributed by atoms with Crippen molar-refractivity contribution in [3.63, 3.8) is 0 Å². The van der Waals surface area contributed by atoms with Crippen LogP contribution in [-0.4, -0.2) is 31.9 Å². The first-order valence-corrected chi connectivity index (χ1v) is 7.57. The van der Waals surface area contributed by atoms with Crippen LogP contribution in [0.25, 0.3) is 0 Å². The van der Waals surface area contributed by atoms with E-state index in [9.17, 15) is 4.79 Å². The molecule has 1 aromatic heterocycles. The van der Waals surface area contributed by atoms with Gasteiger partial charge < -0.3 is 5.32 Å². The van der Waals surface area contributed by atoms with Crippen LogP contribution in [0, 0.1) is 0 Å². The molecule has 0 aliphatic heterocycles. The van der Waals surface area contributed by atoms with Crippen molar-refractivity contribution in [2.45, 2.75) is 30.5 Å². The van der Waals surface area contributed by atoms with Gasteiger partial charge in [-0.2, -0.15) is 0 Å². The van der Waals surface area contributed by atoms with Crippen molar-refractivity contribution in [3.05, 3.63) is 30.3 Å². The summed E-state index contributed by atoms with van der Waals surface area (Å²) in [5.74, 6) is 0.681. The SMILES string of the molecule is O=C(CCSc1nnnn1C1CC1)Nc1ccccc1. The first kappa shape index (κ1) is 13.1. The van der Waals surface area contributed by atoms with Gasteiger partial charge in [-0.3, -0.25) is 4.79 Å². The number of anilines is 1. The van der Waals surface area contributed by atoms with Gasteiger partial charge in [0.15, 0.2) is 0 Å². The first-order chi connectivity index (χ1) is 9.83. The molecule has 1 amide bonds. The predicted octanol–water partition coefficient (Wildman–Crippen LogP) is 2.13. The summed E-state index contributed by atoms with van der Waals surface area (Å²) in [7, 11) is 0. The number of rotatable bonds is 6. The average molecular weight is 289 g/mol. The predicted molar refractivity (Wildman–Crippen MR) is 76.5 cm³/mol. The Morgan fingerprint density at radius 2 is 2.15 bits per heavy atom. The number of benzene rings is 1. The fourth-order valence-corrected chi connectivity index (χ4v) is 2.69. The zero-order chi connectivity index (χ0) is 13.8. The Balaban J connectivity index is 1.45. The monoisotopic (exact) mass is 289 g/mol. The Labute approximate surface area is 120 Å². The lowest BCUT2D eigenvalue weighted by atomic mass is 10.3. The van der Waals surface area contributed by atoms with Crippen LogP contribution in [-0.2, 0) is 4.79 Å². The molecule has 0 saturated heterocycles. The zero-order valence-corrected chi connectivity index (χ0v) is 11.7. The summed E-state index contributed by atoms with van der Waals surface area (Å²) in [4.78, 5) is 11.8. The number of nitrogens with zero attached hydrogens (tertiary/aromatic N) is 4. The Morgan fingerprint density at radius 3 is 2.90 bits per heavy atom. The molecule has 1 aliphatic carbocycles. The lowest BCUT2D eigenvalue weighted by molar-refractivity contribution is -0.115. The van der Waals surface area contributed by atoms with Gasteiger partial charge in [0.05, 0.1) is 6.04 Å². The maximum atomic E-state index is 11.8. The van der Waals surface area contributed by atoms with Crippen LogP contribution in [0.3, 0.4) is 0 Å². The fourth-order valence-electron chi connectivity index (χ4n) is 1.81. The first-order valence-electron chi connectivity index (χ1n) is 6.58. The number of tetrazole rings is 1. The number of hydrogen-bond donors (Lipinski definition) is 1. The second-order valence-electron chi connectivity index (χ2n) is 4.65. The van der Waals surface area contributed by atoms with E-state index in [0.29, 0.717) is 18.2 Å². The van der Waals surface area contributed by atoms with E-state index >= 15 is 0 Å². The van der Waals surface area contributed by atoms with Gasteiger partial charge in [-0.1, -0.05) is 30.0 Å². The third-order valence-electron chi connectivity index (χ3n) is 2.97. The smallest absolute Gasteiger partial charge is 0.225 e. The number of aromatic nitrogens is 4. The summed E-state index contributed by atoms with van der Waals surface area (Å²) in [6.07, 6.45) is 2.73. The van der Waals surface area contributed by atoms with Gasteiger partial charge in [-0.25, -0.2) is 4.68 Å². The van der Waals surface area contributed by atoms with Crippen molar-refractivity contribution in [2.75, 3.05) is 11.1 Å². The van der Waals surface area contributed by atoms with E-state index in [0.717, 1.165) is 23.7 Å². The van der Waals surface area contributed by atoms with Gasteiger partial charge in [-0.05, 0) is 35.4 Å². The highest BCUT2D eigenvalue weighted by molar-refractivity contribution is 7.99. The summed E-state index contributed by atoms with van der Waals surface area (Å²) in [5.41, 5.74) is 0.824. The van der Waals surface area contributed by atoms with E-state index in [4.69, 9.17) is 0 Å². The molecule has 6 nitrogen and oxygen atoms in total. The van der Waals surface area contributed by atoms with Gasteiger partial charge in [0.2, 0.25) is 11.1 Å². The third kappa shape index (κ3) is 3.36. The van der Waals surface area contributed by atoms with Crippen LogP contribution >= 0.6 is 11.8 Å². The topological polar surface area (TPSA) is 72.7 Å². The molecule has 0 spiro atoms. The van der Waals surface area contributed by atoms with E-state index in [1.165, 1.54) is 11.8 Å². The molecule has 2 aromatic rings.